The number of likely N-dealkylation sites (tertiary alicyclic amines) is 1. The highest BCUT2D eigenvalue weighted by atomic mass is 16.5. The van der Waals surface area contributed by atoms with Crippen molar-refractivity contribution in [3.63, 3.8) is 0 Å². The molecule has 0 radical (unpaired) electrons. The molecular formula is C15H32N2O2. The second kappa shape index (κ2) is 9.70. The van der Waals surface area contributed by atoms with Gasteiger partial charge in [-0.2, -0.15) is 0 Å². The summed E-state index contributed by atoms with van der Waals surface area (Å²) < 4.78 is 10.6. The summed E-state index contributed by atoms with van der Waals surface area (Å²) in [6.45, 7) is 10.7. The Kier molecular flexibility index (Phi) is 8.62. The minimum atomic E-state index is 0.507. The number of nitrogens with zero attached hydrogens (tertiary/aromatic N) is 1. The van der Waals surface area contributed by atoms with Gasteiger partial charge in [0.2, 0.25) is 0 Å². The largest absolute Gasteiger partial charge is 0.384 e. The molecule has 4 nitrogen and oxygen atoms in total. The number of hydrogen-bond acceptors (Lipinski definition) is 4. The molecule has 0 aromatic carbocycles. The number of methoxy groups -OCH3 is 2. The van der Waals surface area contributed by atoms with E-state index in [4.69, 9.17) is 9.47 Å². The molecule has 1 fully saturated rings. The van der Waals surface area contributed by atoms with E-state index in [1.807, 2.05) is 0 Å². The molecule has 0 bridgehead atoms. The monoisotopic (exact) mass is 272 g/mol. The molecule has 114 valence electrons. The van der Waals surface area contributed by atoms with E-state index in [1.165, 1.54) is 25.9 Å². The van der Waals surface area contributed by atoms with E-state index in [0.717, 1.165) is 32.2 Å². The molecular weight excluding hydrogens is 240 g/mol. The van der Waals surface area contributed by atoms with Gasteiger partial charge < -0.3 is 14.8 Å². The molecule has 1 heterocycles. The third kappa shape index (κ3) is 6.70. The van der Waals surface area contributed by atoms with Crippen LogP contribution < -0.4 is 5.32 Å². The molecule has 1 aliphatic heterocycles. The fourth-order valence-electron chi connectivity index (χ4n) is 2.74. The summed E-state index contributed by atoms with van der Waals surface area (Å²) in [5.74, 6) is 1.45. The van der Waals surface area contributed by atoms with Gasteiger partial charge in [-0.05, 0) is 44.3 Å². The molecule has 0 saturated carbocycles. The van der Waals surface area contributed by atoms with Crippen LogP contribution in [-0.2, 0) is 9.47 Å². The van der Waals surface area contributed by atoms with Crippen molar-refractivity contribution < 1.29 is 9.47 Å². The van der Waals surface area contributed by atoms with E-state index in [1.54, 1.807) is 14.2 Å². The summed E-state index contributed by atoms with van der Waals surface area (Å²) in [6, 6.07) is 0.507. The molecule has 0 amide bonds. The SMILES string of the molecule is COCC1CCN(C(CNCC(C)C)COC)CC1. The Morgan fingerprint density at radius 2 is 1.79 bits per heavy atom. The van der Waals surface area contributed by atoms with Crippen LogP contribution in [0, 0.1) is 11.8 Å². The number of ether oxygens (including phenoxy) is 2. The smallest absolute Gasteiger partial charge is 0.0630 e. The molecule has 0 aromatic rings. The molecule has 0 aliphatic carbocycles. The van der Waals surface area contributed by atoms with Crippen molar-refractivity contribution in [2.45, 2.75) is 32.7 Å². The molecule has 0 spiro atoms. The summed E-state index contributed by atoms with van der Waals surface area (Å²) >= 11 is 0. The van der Waals surface area contributed by atoms with Crippen LogP contribution in [0.3, 0.4) is 0 Å². The maximum Gasteiger partial charge on any atom is 0.0630 e. The van der Waals surface area contributed by atoms with Gasteiger partial charge in [0, 0.05) is 33.4 Å². The Bertz CT molecular complexity index is 216. The van der Waals surface area contributed by atoms with Crippen LogP contribution in [0.25, 0.3) is 0 Å². The summed E-state index contributed by atoms with van der Waals surface area (Å²) in [4.78, 5) is 2.57. The predicted octanol–water partition coefficient (Wildman–Crippen LogP) is 1.61. The molecule has 19 heavy (non-hydrogen) atoms. The average Bonchev–Trinajstić information content (AvgIpc) is 2.39. The zero-order valence-corrected chi connectivity index (χ0v) is 13.2. The van der Waals surface area contributed by atoms with Gasteiger partial charge in [0.05, 0.1) is 6.61 Å². The van der Waals surface area contributed by atoms with Crippen molar-refractivity contribution in [2.24, 2.45) is 11.8 Å². The highest BCUT2D eigenvalue weighted by Crippen LogP contribution is 2.19. The number of piperidine rings is 1. The highest BCUT2D eigenvalue weighted by molar-refractivity contribution is 4.80. The first-order valence-electron chi connectivity index (χ1n) is 7.60. The lowest BCUT2D eigenvalue weighted by molar-refractivity contribution is 0.0459. The standard InChI is InChI=1S/C15H32N2O2/c1-13(2)9-16-10-15(12-19-4)17-7-5-14(6-8-17)11-18-3/h13-16H,5-12H2,1-4H3. The van der Waals surface area contributed by atoms with Crippen LogP contribution in [0.2, 0.25) is 0 Å². The number of hydrogen-bond donors (Lipinski definition) is 1. The van der Waals surface area contributed by atoms with E-state index in [2.05, 4.69) is 24.1 Å². The van der Waals surface area contributed by atoms with Crippen molar-refractivity contribution in [3.8, 4) is 0 Å². The topological polar surface area (TPSA) is 33.7 Å². The molecule has 1 N–H and O–H groups in total. The van der Waals surface area contributed by atoms with E-state index < -0.39 is 0 Å². The fraction of sp³-hybridized carbons (Fsp3) is 1.00. The molecule has 0 aromatic heterocycles. The van der Waals surface area contributed by atoms with Gasteiger partial charge in [-0.25, -0.2) is 0 Å². The molecule has 4 heteroatoms. The lowest BCUT2D eigenvalue weighted by Gasteiger charge is -2.37. The summed E-state index contributed by atoms with van der Waals surface area (Å²) in [7, 11) is 3.60. The van der Waals surface area contributed by atoms with Crippen LogP contribution in [0.4, 0.5) is 0 Å². The van der Waals surface area contributed by atoms with Crippen molar-refractivity contribution in [3.05, 3.63) is 0 Å². The fourth-order valence-corrected chi connectivity index (χ4v) is 2.74. The van der Waals surface area contributed by atoms with E-state index in [0.29, 0.717) is 12.0 Å². The van der Waals surface area contributed by atoms with Crippen LogP contribution in [0.5, 0.6) is 0 Å². The van der Waals surface area contributed by atoms with Crippen LogP contribution in [0.15, 0.2) is 0 Å². The van der Waals surface area contributed by atoms with Crippen LogP contribution >= 0.6 is 0 Å². The summed E-state index contributed by atoms with van der Waals surface area (Å²) in [5.41, 5.74) is 0. The maximum atomic E-state index is 5.38. The first-order valence-corrected chi connectivity index (χ1v) is 7.60. The van der Waals surface area contributed by atoms with Gasteiger partial charge in [0.15, 0.2) is 0 Å². The Hall–Kier alpha value is -0.160. The first-order chi connectivity index (χ1) is 9.17. The third-order valence-corrected chi connectivity index (χ3v) is 3.86. The van der Waals surface area contributed by atoms with Crippen molar-refractivity contribution in [1.82, 2.24) is 10.2 Å². The molecule has 1 aliphatic rings. The van der Waals surface area contributed by atoms with Gasteiger partial charge >= 0.3 is 0 Å². The average molecular weight is 272 g/mol. The van der Waals surface area contributed by atoms with Crippen molar-refractivity contribution in [1.29, 1.82) is 0 Å². The Morgan fingerprint density at radius 3 is 2.32 bits per heavy atom. The number of rotatable bonds is 9. The maximum absolute atomic E-state index is 5.38. The molecule has 1 unspecified atom stereocenters. The van der Waals surface area contributed by atoms with Gasteiger partial charge in [0.1, 0.15) is 0 Å². The van der Waals surface area contributed by atoms with Crippen LogP contribution in [-0.4, -0.2) is 64.6 Å². The normalized spacial score (nSPS) is 20.1. The zero-order chi connectivity index (χ0) is 14.1. The zero-order valence-electron chi connectivity index (χ0n) is 13.2. The molecule has 1 rings (SSSR count). The molecule has 1 saturated heterocycles. The summed E-state index contributed by atoms with van der Waals surface area (Å²) in [5, 5.41) is 3.56. The van der Waals surface area contributed by atoms with E-state index in [9.17, 15) is 0 Å². The van der Waals surface area contributed by atoms with Crippen molar-refractivity contribution in [2.75, 3.05) is 53.6 Å². The highest BCUT2D eigenvalue weighted by Gasteiger charge is 2.24. The predicted molar refractivity (Wildman–Crippen MR) is 79.5 cm³/mol. The first kappa shape index (κ1) is 16.9. The van der Waals surface area contributed by atoms with Gasteiger partial charge in [-0.1, -0.05) is 13.8 Å². The second-order valence-electron chi connectivity index (χ2n) is 6.10. The minimum Gasteiger partial charge on any atom is -0.384 e. The Morgan fingerprint density at radius 1 is 1.11 bits per heavy atom. The summed E-state index contributed by atoms with van der Waals surface area (Å²) in [6.07, 6.45) is 2.50. The lowest BCUT2D eigenvalue weighted by atomic mass is 9.96. The second-order valence-corrected chi connectivity index (χ2v) is 6.10. The number of nitrogens with one attached hydrogen (secondary N) is 1. The van der Waals surface area contributed by atoms with E-state index >= 15 is 0 Å². The quantitative estimate of drug-likeness (QED) is 0.691. The Balaban J connectivity index is 2.31. The van der Waals surface area contributed by atoms with Crippen LogP contribution in [0.1, 0.15) is 26.7 Å². The third-order valence-electron chi connectivity index (χ3n) is 3.86. The lowest BCUT2D eigenvalue weighted by Crippen LogP contribution is -2.49. The Labute approximate surface area is 118 Å². The van der Waals surface area contributed by atoms with E-state index in [-0.39, 0.29) is 0 Å². The van der Waals surface area contributed by atoms with Gasteiger partial charge in [0.25, 0.3) is 0 Å². The molecule has 1 atom stereocenters. The van der Waals surface area contributed by atoms with Gasteiger partial charge in [-0.3, -0.25) is 4.90 Å². The minimum absolute atomic E-state index is 0.507. The van der Waals surface area contributed by atoms with Gasteiger partial charge in [-0.15, -0.1) is 0 Å². The van der Waals surface area contributed by atoms with Crippen molar-refractivity contribution >= 4 is 0 Å².